The van der Waals surface area contributed by atoms with Gasteiger partial charge in [0.25, 0.3) is 0 Å². The third-order valence-corrected chi connectivity index (χ3v) is 6.18. The first kappa shape index (κ1) is 25.6. The number of carbonyl (C=O) groups is 3. The molecule has 35 heavy (non-hydrogen) atoms. The Morgan fingerprint density at radius 2 is 1.80 bits per heavy atom. The second kappa shape index (κ2) is 11.4. The molecule has 2 aromatic carbocycles. The minimum atomic E-state index is -1.28. The zero-order valence-electron chi connectivity index (χ0n) is 19.5. The number of guanidine groups is 1. The standard InChI is InChI=1S/C26H31N5O4/c27-17-26(16-23(33)34)15-21(31(24(26)35)14-4-7-18-5-2-1-3-6-18)22(32)13-10-19-8-11-20(12-9-19)30-25(28)29/h1-3,5-6,8-13,21H,4,7,14-17,27H2,(H,33,34)(H4,28,29,30)/t21-,26-/m0/s1. The molecule has 2 aromatic rings. The van der Waals surface area contributed by atoms with Gasteiger partial charge in [-0.25, -0.2) is 4.99 Å². The monoisotopic (exact) mass is 477 g/mol. The van der Waals surface area contributed by atoms with Crippen molar-refractivity contribution in [1.29, 1.82) is 0 Å². The number of rotatable bonds is 11. The molecule has 9 nitrogen and oxygen atoms in total. The molecular formula is C26H31N5O4. The van der Waals surface area contributed by atoms with Gasteiger partial charge in [-0.1, -0.05) is 48.5 Å². The summed E-state index contributed by atoms with van der Waals surface area (Å²) in [6, 6.07) is 16.0. The van der Waals surface area contributed by atoms with Crippen LogP contribution < -0.4 is 17.2 Å². The summed E-state index contributed by atoms with van der Waals surface area (Å²) in [5.74, 6) is -1.81. The van der Waals surface area contributed by atoms with Gasteiger partial charge < -0.3 is 27.2 Å². The van der Waals surface area contributed by atoms with E-state index in [1.807, 2.05) is 30.3 Å². The molecule has 0 aromatic heterocycles. The van der Waals surface area contributed by atoms with E-state index >= 15 is 0 Å². The molecule has 1 heterocycles. The van der Waals surface area contributed by atoms with Gasteiger partial charge in [-0.3, -0.25) is 14.4 Å². The lowest BCUT2D eigenvalue weighted by Gasteiger charge is -2.25. The second-order valence-corrected chi connectivity index (χ2v) is 8.73. The number of likely N-dealkylation sites (tertiary alicyclic amines) is 1. The number of aryl methyl sites for hydroxylation is 1. The van der Waals surface area contributed by atoms with Crippen molar-refractivity contribution in [2.45, 2.75) is 31.7 Å². The average Bonchev–Trinajstić information content (AvgIpc) is 3.10. The fraction of sp³-hybridized carbons (Fsp3) is 0.308. The van der Waals surface area contributed by atoms with E-state index in [2.05, 4.69) is 4.99 Å². The Balaban J connectivity index is 1.77. The largest absolute Gasteiger partial charge is 0.481 e. The topological polar surface area (TPSA) is 165 Å². The van der Waals surface area contributed by atoms with E-state index in [1.54, 1.807) is 30.3 Å². The van der Waals surface area contributed by atoms with Gasteiger partial charge in [0.15, 0.2) is 11.7 Å². The summed E-state index contributed by atoms with van der Waals surface area (Å²) in [5.41, 5.74) is 17.8. The van der Waals surface area contributed by atoms with Crippen molar-refractivity contribution in [3.05, 3.63) is 71.8 Å². The molecule has 3 rings (SSSR count). The maximum Gasteiger partial charge on any atom is 0.304 e. The number of aliphatic carboxylic acids is 1. The van der Waals surface area contributed by atoms with Crippen LogP contribution in [0.3, 0.4) is 0 Å². The van der Waals surface area contributed by atoms with E-state index in [0.717, 1.165) is 17.5 Å². The predicted molar refractivity (Wildman–Crippen MR) is 135 cm³/mol. The molecule has 0 radical (unpaired) electrons. The molecule has 0 saturated carbocycles. The lowest BCUT2D eigenvalue weighted by Crippen LogP contribution is -2.43. The number of hydrogen-bond donors (Lipinski definition) is 4. The number of carbonyl (C=O) groups excluding carboxylic acids is 2. The van der Waals surface area contributed by atoms with Crippen molar-refractivity contribution < 1.29 is 19.5 Å². The van der Waals surface area contributed by atoms with E-state index in [0.29, 0.717) is 18.7 Å². The first-order valence-electron chi connectivity index (χ1n) is 11.4. The number of ketones is 1. The Hall–Kier alpha value is -3.98. The van der Waals surface area contributed by atoms with Crippen LogP contribution in [0.5, 0.6) is 0 Å². The fourth-order valence-corrected chi connectivity index (χ4v) is 4.40. The summed E-state index contributed by atoms with van der Waals surface area (Å²) in [7, 11) is 0. The number of carboxylic acids is 1. The van der Waals surface area contributed by atoms with Crippen molar-refractivity contribution in [3.8, 4) is 0 Å². The lowest BCUT2D eigenvalue weighted by molar-refractivity contribution is -0.146. The first-order valence-corrected chi connectivity index (χ1v) is 11.4. The molecular weight excluding hydrogens is 446 g/mol. The summed E-state index contributed by atoms with van der Waals surface area (Å²) in [4.78, 5) is 43.5. The van der Waals surface area contributed by atoms with Gasteiger partial charge in [-0.05, 0) is 48.6 Å². The van der Waals surface area contributed by atoms with E-state index in [1.165, 1.54) is 11.0 Å². The number of amides is 1. The molecule has 0 unspecified atom stereocenters. The van der Waals surface area contributed by atoms with Crippen LogP contribution in [0.15, 0.2) is 65.7 Å². The van der Waals surface area contributed by atoms with Gasteiger partial charge >= 0.3 is 5.97 Å². The first-order chi connectivity index (χ1) is 16.7. The van der Waals surface area contributed by atoms with Crippen LogP contribution >= 0.6 is 0 Å². The quantitative estimate of drug-likeness (QED) is 0.218. The summed E-state index contributed by atoms with van der Waals surface area (Å²) in [6.45, 7) is 0.208. The Labute approximate surface area is 204 Å². The van der Waals surface area contributed by atoms with E-state index in [9.17, 15) is 19.5 Å². The Morgan fingerprint density at radius 3 is 2.40 bits per heavy atom. The molecule has 184 valence electrons. The Bertz CT molecular complexity index is 1110. The van der Waals surface area contributed by atoms with Gasteiger partial charge in [-0.15, -0.1) is 0 Å². The van der Waals surface area contributed by atoms with E-state index in [-0.39, 0.29) is 30.6 Å². The number of hydrogen-bond acceptors (Lipinski definition) is 5. The zero-order valence-corrected chi connectivity index (χ0v) is 19.5. The molecule has 0 bridgehead atoms. The van der Waals surface area contributed by atoms with Crippen molar-refractivity contribution >= 4 is 35.4 Å². The van der Waals surface area contributed by atoms with Crippen LogP contribution in [-0.4, -0.2) is 52.8 Å². The molecule has 0 aliphatic carbocycles. The van der Waals surface area contributed by atoms with Gasteiger partial charge in [0.2, 0.25) is 5.91 Å². The highest BCUT2D eigenvalue weighted by Crippen LogP contribution is 2.39. The second-order valence-electron chi connectivity index (χ2n) is 8.73. The van der Waals surface area contributed by atoms with E-state index < -0.39 is 23.8 Å². The lowest BCUT2D eigenvalue weighted by atomic mass is 9.81. The van der Waals surface area contributed by atoms with Crippen LogP contribution in [0.4, 0.5) is 5.69 Å². The molecule has 1 saturated heterocycles. The van der Waals surface area contributed by atoms with Crippen LogP contribution in [0.1, 0.15) is 30.4 Å². The third-order valence-electron chi connectivity index (χ3n) is 6.18. The number of nitrogens with zero attached hydrogens (tertiary/aromatic N) is 2. The maximum absolute atomic E-state index is 13.3. The minimum absolute atomic E-state index is 0.0496. The third kappa shape index (κ3) is 6.54. The molecule has 1 aliphatic rings. The predicted octanol–water partition coefficient (Wildman–Crippen LogP) is 1.83. The molecule has 9 heteroatoms. The number of carboxylic acid groups (broad SMARTS) is 1. The normalized spacial score (nSPS) is 19.7. The molecule has 1 fully saturated rings. The summed E-state index contributed by atoms with van der Waals surface area (Å²) >= 11 is 0. The summed E-state index contributed by atoms with van der Waals surface area (Å²) in [6.07, 6.45) is 4.12. The van der Waals surface area contributed by atoms with Gasteiger partial charge in [0.1, 0.15) is 0 Å². The molecule has 1 aliphatic heterocycles. The van der Waals surface area contributed by atoms with Crippen LogP contribution in [0.25, 0.3) is 6.08 Å². The smallest absolute Gasteiger partial charge is 0.304 e. The van der Waals surface area contributed by atoms with Gasteiger partial charge in [-0.2, -0.15) is 0 Å². The average molecular weight is 478 g/mol. The maximum atomic E-state index is 13.3. The van der Waals surface area contributed by atoms with Crippen molar-refractivity contribution in [2.75, 3.05) is 13.1 Å². The molecule has 2 atom stereocenters. The summed E-state index contributed by atoms with van der Waals surface area (Å²) < 4.78 is 0. The highest BCUT2D eigenvalue weighted by molar-refractivity contribution is 6.03. The van der Waals surface area contributed by atoms with Gasteiger partial charge in [0.05, 0.1) is 23.6 Å². The Kier molecular flexibility index (Phi) is 8.38. The molecule has 1 amide bonds. The zero-order chi connectivity index (χ0) is 25.4. The van der Waals surface area contributed by atoms with Gasteiger partial charge in [0, 0.05) is 13.1 Å². The van der Waals surface area contributed by atoms with E-state index in [4.69, 9.17) is 17.2 Å². The SMILES string of the molecule is NC[C@@]1(CC(=O)O)C[C@@H](C(=O)C=Cc2ccc(N=C(N)N)cc2)N(CCCc2ccccc2)C1=O. The van der Waals surface area contributed by atoms with Crippen molar-refractivity contribution in [1.82, 2.24) is 4.90 Å². The molecule has 0 spiro atoms. The van der Waals surface area contributed by atoms with Crippen molar-refractivity contribution in [3.63, 3.8) is 0 Å². The molecule has 7 N–H and O–H groups in total. The highest BCUT2D eigenvalue weighted by atomic mass is 16.4. The van der Waals surface area contributed by atoms with Crippen LogP contribution in [0.2, 0.25) is 0 Å². The summed E-state index contributed by atoms with van der Waals surface area (Å²) in [5, 5.41) is 9.40. The Morgan fingerprint density at radius 1 is 1.11 bits per heavy atom. The van der Waals surface area contributed by atoms with Crippen molar-refractivity contribution in [2.24, 2.45) is 27.6 Å². The van der Waals surface area contributed by atoms with Crippen LogP contribution in [0, 0.1) is 5.41 Å². The van der Waals surface area contributed by atoms with Crippen LogP contribution in [-0.2, 0) is 20.8 Å². The minimum Gasteiger partial charge on any atom is -0.481 e. The number of benzene rings is 2. The number of aliphatic imine (C=N–C) groups is 1. The fourth-order valence-electron chi connectivity index (χ4n) is 4.40. The number of nitrogens with two attached hydrogens (primary N) is 3. The highest BCUT2D eigenvalue weighted by Gasteiger charge is 2.53.